The minimum atomic E-state index is -0.164. The van der Waals surface area contributed by atoms with Crippen molar-refractivity contribution >= 4 is 35.0 Å². The molecule has 1 aromatic carbocycles. The number of hydrogen-bond acceptors (Lipinski definition) is 3. The smallest absolute Gasteiger partial charge is 0.251 e. The Morgan fingerprint density at radius 1 is 1.15 bits per heavy atom. The van der Waals surface area contributed by atoms with Crippen LogP contribution in [-0.4, -0.2) is 60.4 Å². The zero-order chi connectivity index (χ0) is 20.2. The monoisotopic (exact) mass is 413 g/mol. The molecule has 0 aliphatic carbocycles. The van der Waals surface area contributed by atoms with Gasteiger partial charge in [0.25, 0.3) is 5.91 Å². The third kappa shape index (κ3) is 6.66. The largest absolute Gasteiger partial charge is 0.352 e. The van der Waals surface area contributed by atoms with Crippen LogP contribution in [0.1, 0.15) is 44.0 Å². The van der Waals surface area contributed by atoms with Gasteiger partial charge < -0.3 is 10.2 Å². The number of piperidine rings is 1. The Morgan fingerprint density at radius 3 is 2.22 bits per heavy atom. The fraction of sp³-hybridized carbons (Fsp3) is 0.600. The third-order valence-corrected chi connectivity index (χ3v) is 5.56. The quantitative estimate of drug-likeness (QED) is 0.800. The van der Waals surface area contributed by atoms with Crippen molar-refractivity contribution in [1.29, 1.82) is 0 Å². The molecule has 1 fully saturated rings. The molecule has 2 amide bonds. The van der Waals surface area contributed by atoms with Crippen molar-refractivity contribution in [2.45, 2.75) is 39.2 Å². The van der Waals surface area contributed by atoms with E-state index in [-0.39, 0.29) is 17.4 Å². The molecule has 150 valence electrons. The minimum absolute atomic E-state index is 0.145. The highest BCUT2D eigenvalue weighted by Gasteiger charge is 2.26. The summed E-state index contributed by atoms with van der Waals surface area (Å²) in [6.45, 7) is 8.91. The highest BCUT2D eigenvalue weighted by Crippen LogP contribution is 2.20. The van der Waals surface area contributed by atoms with Gasteiger partial charge in [0.2, 0.25) is 5.91 Å². The van der Waals surface area contributed by atoms with Crippen molar-refractivity contribution < 1.29 is 9.59 Å². The molecular weight excluding hydrogens is 385 g/mol. The standard InChI is InChI=1S/C20H29Cl2N3O2/c1-20(2,3)24(4)18(26)13-25-7-5-14(6-8-25)12-23-19(27)15-9-16(21)11-17(22)10-15/h9-11,14H,5-8,12-13H2,1-4H3,(H,23,27). The second-order valence-corrected chi connectivity index (χ2v) is 9.08. The lowest BCUT2D eigenvalue weighted by molar-refractivity contribution is -0.135. The molecule has 0 radical (unpaired) electrons. The van der Waals surface area contributed by atoms with E-state index in [0.717, 1.165) is 25.9 Å². The fourth-order valence-corrected chi connectivity index (χ4v) is 3.57. The molecule has 2 rings (SSSR count). The SMILES string of the molecule is CN(C(=O)CN1CCC(CNC(=O)c2cc(Cl)cc(Cl)c2)CC1)C(C)(C)C. The Bertz CT molecular complexity index is 660. The van der Waals surface area contributed by atoms with Crippen molar-refractivity contribution in [3.8, 4) is 0 Å². The van der Waals surface area contributed by atoms with E-state index in [1.165, 1.54) is 0 Å². The summed E-state index contributed by atoms with van der Waals surface area (Å²) in [5.41, 5.74) is 0.309. The lowest BCUT2D eigenvalue weighted by Gasteiger charge is -2.36. The Morgan fingerprint density at radius 2 is 1.70 bits per heavy atom. The van der Waals surface area contributed by atoms with Crippen LogP contribution in [0, 0.1) is 5.92 Å². The van der Waals surface area contributed by atoms with Gasteiger partial charge in [-0.2, -0.15) is 0 Å². The Hall–Kier alpha value is -1.30. The van der Waals surface area contributed by atoms with Gasteiger partial charge in [0, 0.05) is 34.7 Å². The number of benzene rings is 1. The van der Waals surface area contributed by atoms with Gasteiger partial charge in [0.1, 0.15) is 0 Å². The van der Waals surface area contributed by atoms with E-state index in [0.29, 0.717) is 34.6 Å². The van der Waals surface area contributed by atoms with E-state index in [1.807, 2.05) is 27.8 Å². The molecule has 7 heteroatoms. The number of nitrogens with one attached hydrogen (secondary N) is 1. The van der Waals surface area contributed by atoms with Crippen LogP contribution in [0.3, 0.4) is 0 Å². The molecule has 1 N–H and O–H groups in total. The van der Waals surface area contributed by atoms with Gasteiger partial charge in [-0.25, -0.2) is 0 Å². The van der Waals surface area contributed by atoms with Crippen molar-refractivity contribution in [3.63, 3.8) is 0 Å². The lowest BCUT2D eigenvalue weighted by Crippen LogP contribution is -2.49. The van der Waals surface area contributed by atoms with E-state index in [2.05, 4.69) is 10.2 Å². The molecule has 1 aliphatic heterocycles. The van der Waals surface area contributed by atoms with Gasteiger partial charge in [-0.05, 0) is 70.8 Å². The number of likely N-dealkylation sites (N-methyl/N-ethyl adjacent to an activating group) is 1. The normalized spacial score (nSPS) is 16.2. The van der Waals surface area contributed by atoms with Crippen LogP contribution in [-0.2, 0) is 4.79 Å². The number of carbonyl (C=O) groups excluding carboxylic acids is 2. The van der Waals surface area contributed by atoms with Gasteiger partial charge in [0.05, 0.1) is 6.54 Å². The van der Waals surface area contributed by atoms with Crippen LogP contribution in [0.4, 0.5) is 0 Å². The highest BCUT2D eigenvalue weighted by atomic mass is 35.5. The van der Waals surface area contributed by atoms with Gasteiger partial charge in [-0.15, -0.1) is 0 Å². The Labute approximate surface area is 172 Å². The zero-order valence-corrected chi connectivity index (χ0v) is 18.0. The van der Waals surface area contributed by atoms with Gasteiger partial charge in [-0.3, -0.25) is 14.5 Å². The lowest BCUT2D eigenvalue weighted by atomic mass is 9.96. The fourth-order valence-electron chi connectivity index (χ4n) is 3.04. The van der Waals surface area contributed by atoms with Crippen LogP contribution < -0.4 is 5.32 Å². The zero-order valence-electron chi connectivity index (χ0n) is 16.5. The molecule has 1 saturated heterocycles. The van der Waals surface area contributed by atoms with E-state index in [9.17, 15) is 9.59 Å². The van der Waals surface area contributed by atoms with Crippen molar-refractivity contribution in [1.82, 2.24) is 15.1 Å². The molecule has 1 aliphatic rings. The maximum absolute atomic E-state index is 12.4. The molecule has 5 nitrogen and oxygen atoms in total. The number of likely N-dealkylation sites (tertiary alicyclic amines) is 1. The molecule has 0 spiro atoms. The molecule has 0 atom stereocenters. The van der Waals surface area contributed by atoms with Crippen LogP contribution in [0.5, 0.6) is 0 Å². The minimum Gasteiger partial charge on any atom is -0.352 e. The summed E-state index contributed by atoms with van der Waals surface area (Å²) in [5.74, 6) is 0.395. The number of amides is 2. The Kier molecular flexibility index (Phi) is 7.55. The summed E-state index contributed by atoms with van der Waals surface area (Å²) in [4.78, 5) is 28.6. The summed E-state index contributed by atoms with van der Waals surface area (Å²) in [7, 11) is 1.85. The van der Waals surface area contributed by atoms with Crippen LogP contribution in [0.2, 0.25) is 10.0 Å². The molecule has 0 bridgehead atoms. The van der Waals surface area contributed by atoms with Crippen molar-refractivity contribution in [2.24, 2.45) is 5.92 Å². The predicted octanol–water partition coefficient (Wildman–Crippen LogP) is 3.69. The molecule has 1 heterocycles. The van der Waals surface area contributed by atoms with Crippen LogP contribution >= 0.6 is 23.2 Å². The average Bonchev–Trinajstić information content (AvgIpc) is 2.58. The number of halogens is 2. The number of hydrogen-bond donors (Lipinski definition) is 1. The molecule has 0 saturated carbocycles. The first-order valence-electron chi connectivity index (χ1n) is 9.29. The maximum atomic E-state index is 12.4. The molecule has 0 unspecified atom stereocenters. The molecule has 0 aromatic heterocycles. The average molecular weight is 414 g/mol. The van der Waals surface area contributed by atoms with Crippen LogP contribution in [0.25, 0.3) is 0 Å². The summed E-state index contributed by atoms with van der Waals surface area (Å²) < 4.78 is 0. The topological polar surface area (TPSA) is 52.7 Å². The second kappa shape index (κ2) is 9.26. The number of rotatable bonds is 5. The predicted molar refractivity (Wildman–Crippen MR) is 110 cm³/mol. The third-order valence-electron chi connectivity index (χ3n) is 5.12. The summed E-state index contributed by atoms with van der Waals surface area (Å²) in [6.07, 6.45) is 1.92. The first-order chi connectivity index (χ1) is 12.6. The summed E-state index contributed by atoms with van der Waals surface area (Å²) in [5, 5.41) is 3.87. The molecular formula is C20H29Cl2N3O2. The van der Waals surface area contributed by atoms with Gasteiger partial charge in [-0.1, -0.05) is 23.2 Å². The molecule has 27 heavy (non-hydrogen) atoms. The van der Waals surface area contributed by atoms with E-state index < -0.39 is 0 Å². The van der Waals surface area contributed by atoms with Crippen molar-refractivity contribution in [2.75, 3.05) is 33.2 Å². The Balaban J connectivity index is 1.76. The van der Waals surface area contributed by atoms with E-state index in [4.69, 9.17) is 23.2 Å². The molecule has 1 aromatic rings. The first kappa shape index (κ1) is 22.0. The van der Waals surface area contributed by atoms with Gasteiger partial charge in [0.15, 0.2) is 0 Å². The van der Waals surface area contributed by atoms with Gasteiger partial charge >= 0.3 is 0 Å². The number of carbonyl (C=O) groups is 2. The number of nitrogens with zero attached hydrogens (tertiary/aromatic N) is 2. The van der Waals surface area contributed by atoms with Crippen LogP contribution in [0.15, 0.2) is 18.2 Å². The summed E-state index contributed by atoms with van der Waals surface area (Å²) >= 11 is 11.9. The maximum Gasteiger partial charge on any atom is 0.251 e. The highest BCUT2D eigenvalue weighted by molar-refractivity contribution is 6.35. The first-order valence-corrected chi connectivity index (χ1v) is 10.0. The van der Waals surface area contributed by atoms with E-state index >= 15 is 0 Å². The van der Waals surface area contributed by atoms with E-state index in [1.54, 1.807) is 23.1 Å². The summed E-state index contributed by atoms with van der Waals surface area (Å²) in [6, 6.07) is 4.83. The van der Waals surface area contributed by atoms with Crippen molar-refractivity contribution in [3.05, 3.63) is 33.8 Å². The second-order valence-electron chi connectivity index (χ2n) is 8.21.